The Morgan fingerprint density at radius 1 is 1.37 bits per heavy atom. The number of rotatable bonds is 4. The van der Waals surface area contributed by atoms with Crippen LogP contribution in [0.1, 0.15) is 29.0 Å². The van der Waals surface area contributed by atoms with Gasteiger partial charge < -0.3 is 10.1 Å². The molecule has 0 saturated heterocycles. The number of aryl methyl sites for hydroxylation is 1. The van der Waals surface area contributed by atoms with Crippen LogP contribution < -0.4 is 10.1 Å². The van der Waals surface area contributed by atoms with Gasteiger partial charge in [0.2, 0.25) is 0 Å². The first kappa shape index (κ1) is 12.7. The number of hydrogen-bond donors (Lipinski definition) is 1. The van der Waals surface area contributed by atoms with E-state index in [1.165, 1.54) is 16.0 Å². The van der Waals surface area contributed by atoms with Crippen LogP contribution in [-0.4, -0.2) is 12.6 Å². The van der Waals surface area contributed by atoms with Crippen molar-refractivity contribution in [3.8, 4) is 5.75 Å². The quantitative estimate of drug-likeness (QED) is 0.917. The first-order valence-electron chi connectivity index (χ1n) is 6.76. The van der Waals surface area contributed by atoms with Crippen LogP contribution in [0.15, 0.2) is 35.7 Å². The van der Waals surface area contributed by atoms with Crippen LogP contribution in [-0.2, 0) is 6.42 Å². The molecule has 1 aliphatic heterocycles. The summed E-state index contributed by atoms with van der Waals surface area (Å²) in [6.07, 6.45) is 1.28. The lowest BCUT2D eigenvalue weighted by Crippen LogP contribution is -2.31. The van der Waals surface area contributed by atoms with E-state index >= 15 is 0 Å². The molecule has 2 atom stereocenters. The second-order valence-corrected chi connectivity index (χ2v) is 6.10. The predicted octanol–water partition coefficient (Wildman–Crippen LogP) is 3.71. The number of para-hydroxylation sites is 1. The number of hydrogen-bond acceptors (Lipinski definition) is 3. The zero-order valence-electron chi connectivity index (χ0n) is 11.3. The topological polar surface area (TPSA) is 21.3 Å². The maximum atomic E-state index is 5.95. The Morgan fingerprint density at radius 2 is 2.21 bits per heavy atom. The fourth-order valence-corrected chi connectivity index (χ4v) is 3.56. The molecule has 0 saturated carbocycles. The Kier molecular flexibility index (Phi) is 3.58. The molecule has 2 nitrogen and oxygen atoms in total. The summed E-state index contributed by atoms with van der Waals surface area (Å²) in [6.45, 7) is 5.29. The van der Waals surface area contributed by atoms with Gasteiger partial charge in [-0.1, -0.05) is 18.2 Å². The van der Waals surface area contributed by atoms with Crippen molar-refractivity contribution in [3.63, 3.8) is 0 Å². The molecule has 19 heavy (non-hydrogen) atoms. The van der Waals surface area contributed by atoms with Crippen LogP contribution >= 0.6 is 11.3 Å². The summed E-state index contributed by atoms with van der Waals surface area (Å²) in [5.41, 5.74) is 2.70. The maximum absolute atomic E-state index is 5.95. The van der Waals surface area contributed by atoms with E-state index in [1.54, 1.807) is 0 Å². The average Bonchev–Trinajstić information content (AvgIpc) is 3.01. The maximum Gasteiger partial charge on any atom is 0.123 e. The molecule has 1 aromatic carbocycles. The van der Waals surface area contributed by atoms with Gasteiger partial charge in [-0.2, -0.15) is 0 Å². The van der Waals surface area contributed by atoms with Crippen LogP contribution in [0.25, 0.3) is 0 Å². The van der Waals surface area contributed by atoms with Crippen molar-refractivity contribution in [3.05, 3.63) is 51.7 Å². The zero-order valence-corrected chi connectivity index (χ0v) is 12.2. The Morgan fingerprint density at radius 3 is 2.95 bits per heavy atom. The Bertz CT molecular complexity index is 538. The van der Waals surface area contributed by atoms with Crippen LogP contribution in [0.3, 0.4) is 0 Å². The molecule has 100 valence electrons. The molecule has 0 bridgehead atoms. The Balaban J connectivity index is 1.56. The second-order valence-electron chi connectivity index (χ2n) is 5.15. The first-order chi connectivity index (χ1) is 9.24. The number of benzene rings is 1. The average molecular weight is 273 g/mol. The van der Waals surface area contributed by atoms with E-state index in [1.807, 2.05) is 17.4 Å². The standard InChI is InChI=1S/C16H19NOS/c1-11-7-8-19-16(11)12(2)17-10-14-9-13-5-3-4-6-15(13)18-14/h3-8,12,14,17H,9-10H2,1-2H3. The van der Waals surface area contributed by atoms with E-state index in [9.17, 15) is 0 Å². The van der Waals surface area contributed by atoms with Crippen LogP contribution in [0.2, 0.25) is 0 Å². The van der Waals surface area contributed by atoms with Gasteiger partial charge in [0.15, 0.2) is 0 Å². The normalized spacial score (nSPS) is 18.9. The van der Waals surface area contributed by atoms with Crippen molar-refractivity contribution in [1.29, 1.82) is 0 Å². The monoisotopic (exact) mass is 273 g/mol. The van der Waals surface area contributed by atoms with Crippen LogP contribution in [0.5, 0.6) is 5.75 Å². The highest BCUT2D eigenvalue weighted by atomic mass is 32.1. The smallest absolute Gasteiger partial charge is 0.123 e. The highest BCUT2D eigenvalue weighted by Gasteiger charge is 2.22. The minimum atomic E-state index is 0.264. The lowest BCUT2D eigenvalue weighted by Gasteiger charge is -2.17. The fourth-order valence-electron chi connectivity index (χ4n) is 2.60. The molecule has 3 heteroatoms. The SMILES string of the molecule is Cc1ccsc1C(C)NCC1Cc2ccccc2O1. The van der Waals surface area contributed by atoms with E-state index in [0.29, 0.717) is 6.04 Å². The summed E-state index contributed by atoms with van der Waals surface area (Å²) in [6, 6.07) is 10.9. The molecular weight excluding hydrogens is 254 g/mol. The molecular formula is C16H19NOS. The summed E-state index contributed by atoms with van der Waals surface area (Å²) >= 11 is 1.82. The highest BCUT2D eigenvalue weighted by molar-refractivity contribution is 7.10. The lowest BCUT2D eigenvalue weighted by atomic mass is 10.1. The molecule has 0 fully saturated rings. The number of ether oxygens (including phenoxy) is 1. The van der Waals surface area contributed by atoms with Gasteiger partial charge in [0.25, 0.3) is 0 Å². The number of nitrogens with one attached hydrogen (secondary N) is 1. The third-order valence-electron chi connectivity index (χ3n) is 3.66. The number of thiophene rings is 1. The molecule has 0 amide bonds. The molecule has 1 aliphatic rings. The van der Waals surface area contributed by atoms with E-state index in [2.05, 4.69) is 48.8 Å². The minimum absolute atomic E-state index is 0.264. The van der Waals surface area contributed by atoms with Crippen molar-refractivity contribution in [2.45, 2.75) is 32.4 Å². The highest BCUT2D eigenvalue weighted by Crippen LogP contribution is 2.28. The van der Waals surface area contributed by atoms with Crippen LogP contribution in [0.4, 0.5) is 0 Å². The van der Waals surface area contributed by atoms with Gasteiger partial charge in [-0.25, -0.2) is 0 Å². The molecule has 3 rings (SSSR count). The zero-order chi connectivity index (χ0) is 13.2. The van der Waals surface area contributed by atoms with Gasteiger partial charge in [0.1, 0.15) is 11.9 Å². The van der Waals surface area contributed by atoms with Gasteiger partial charge in [-0.05, 0) is 42.5 Å². The number of fused-ring (bicyclic) bond motifs is 1. The van der Waals surface area contributed by atoms with Crippen molar-refractivity contribution in [2.24, 2.45) is 0 Å². The fraction of sp³-hybridized carbons (Fsp3) is 0.375. The molecule has 0 aliphatic carbocycles. The van der Waals surface area contributed by atoms with E-state index in [-0.39, 0.29) is 6.10 Å². The van der Waals surface area contributed by atoms with Crippen molar-refractivity contribution >= 4 is 11.3 Å². The van der Waals surface area contributed by atoms with Crippen molar-refractivity contribution < 1.29 is 4.74 Å². The van der Waals surface area contributed by atoms with Gasteiger partial charge in [-0.15, -0.1) is 11.3 Å². The molecule has 2 aromatic rings. The summed E-state index contributed by atoms with van der Waals surface area (Å²) in [5, 5.41) is 5.75. The molecule has 1 aromatic heterocycles. The molecule has 2 unspecified atom stereocenters. The van der Waals surface area contributed by atoms with E-state index in [4.69, 9.17) is 4.74 Å². The lowest BCUT2D eigenvalue weighted by molar-refractivity contribution is 0.223. The first-order valence-corrected chi connectivity index (χ1v) is 7.64. The summed E-state index contributed by atoms with van der Waals surface area (Å²) in [4.78, 5) is 1.43. The third kappa shape index (κ3) is 2.67. The van der Waals surface area contributed by atoms with Gasteiger partial charge in [-0.3, -0.25) is 0 Å². The minimum Gasteiger partial charge on any atom is -0.488 e. The summed E-state index contributed by atoms with van der Waals surface area (Å²) in [7, 11) is 0. The van der Waals surface area contributed by atoms with E-state index < -0.39 is 0 Å². The summed E-state index contributed by atoms with van der Waals surface area (Å²) in [5.74, 6) is 1.05. The predicted molar refractivity (Wildman–Crippen MR) is 80.0 cm³/mol. The van der Waals surface area contributed by atoms with Gasteiger partial charge in [0.05, 0.1) is 0 Å². The van der Waals surface area contributed by atoms with E-state index in [0.717, 1.165) is 18.7 Å². The largest absolute Gasteiger partial charge is 0.488 e. The van der Waals surface area contributed by atoms with Gasteiger partial charge in [0, 0.05) is 23.9 Å². The molecule has 2 heterocycles. The summed E-state index contributed by atoms with van der Waals surface area (Å²) < 4.78 is 5.95. The molecule has 1 N–H and O–H groups in total. The third-order valence-corrected chi connectivity index (χ3v) is 4.86. The van der Waals surface area contributed by atoms with Crippen LogP contribution in [0, 0.1) is 6.92 Å². The Hall–Kier alpha value is -1.32. The molecule has 0 spiro atoms. The molecule has 0 radical (unpaired) electrons. The van der Waals surface area contributed by atoms with Crippen molar-refractivity contribution in [1.82, 2.24) is 5.32 Å². The van der Waals surface area contributed by atoms with Crippen molar-refractivity contribution in [2.75, 3.05) is 6.54 Å². The Labute approximate surface area is 118 Å². The second kappa shape index (κ2) is 5.35. The van der Waals surface area contributed by atoms with Gasteiger partial charge >= 0.3 is 0 Å².